The molecule has 10 heavy (non-hydrogen) atoms. The van der Waals surface area contributed by atoms with Crippen LogP contribution in [0.15, 0.2) is 29.4 Å². The summed E-state index contributed by atoms with van der Waals surface area (Å²) >= 11 is 5.49. The van der Waals surface area contributed by atoms with Gasteiger partial charge in [0.1, 0.15) is 11.2 Å². The third-order valence-electron chi connectivity index (χ3n) is 0.673. The van der Waals surface area contributed by atoms with Gasteiger partial charge in [0, 0.05) is 5.70 Å². The molecule has 2 nitrogen and oxygen atoms in total. The second-order valence-corrected chi connectivity index (χ2v) is 2.09. The van der Waals surface area contributed by atoms with E-state index in [2.05, 4.69) is 18.2 Å². The smallest absolute Gasteiger partial charge is 0.146 e. The number of hydrogen-bond donors (Lipinski definition) is 0. The standard InChI is InChI=1S/C7H7ClN2/c1-5(2)10-7(8)6(3)4-9/h1,3H2,2H3. The first kappa shape index (κ1) is 8.93. The van der Waals surface area contributed by atoms with Gasteiger partial charge in [0.2, 0.25) is 0 Å². The Balaban J connectivity index is 4.38. The molecule has 0 saturated carbocycles. The van der Waals surface area contributed by atoms with Crippen molar-refractivity contribution in [3.05, 3.63) is 24.4 Å². The van der Waals surface area contributed by atoms with E-state index in [1.165, 1.54) is 0 Å². The van der Waals surface area contributed by atoms with Gasteiger partial charge >= 0.3 is 0 Å². The minimum Gasteiger partial charge on any atom is -0.241 e. The summed E-state index contributed by atoms with van der Waals surface area (Å²) < 4.78 is 0. The van der Waals surface area contributed by atoms with Gasteiger partial charge in [-0.05, 0) is 6.92 Å². The highest BCUT2D eigenvalue weighted by Crippen LogP contribution is 2.02. The number of aliphatic imine (C=N–C) groups is 1. The average Bonchev–Trinajstić information content (AvgIpc) is 1.85. The lowest BCUT2D eigenvalue weighted by molar-refractivity contribution is 1.33. The number of allylic oxidation sites excluding steroid dienone is 2. The van der Waals surface area contributed by atoms with Crippen LogP contribution in [0.2, 0.25) is 0 Å². The van der Waals surface area contributed by atoms with Crippen molar-refractivity contribution in [2.75, 3.05) is 0 Å². The fourth-order valence-corrected chi connectivity index (χ4v) is 0.468. The Morgan fingerprint density at radius 3 is 2.40 bits per heavy atom. The van der Waals surface area contributed by atoms with Gasteiger partial charge in [-0.25, -0.2) is 4.99 Å². The topological polar surface area (TPSA) is 36.1 Å². The zero-order chi connectivity index (χ0) is 8.15. The highest BCUT2D eigenvalue weighted by atomic mass is 35.5. The van der Waals surface area contributed by atoms with Crippen LogP contribution in [0, 0.1) is 11.3 Å². The van der Waals surface area contributed by atoms with E-state index in [1.54, 1.807) is 13.0 Å². The number of halogens is 1. The predicted molar refractivity (Wildman–Crippen MR) is 42.9 cm³/mol. The molecule has 0 fully saturated rings. The second-order valence-electron chi connectivity index (χ2n) is 1.73. The lowest BCUT2D eigenvalue weighted by Gasteiger charge is -1.90. The molecule has 0 aromatic carbocycles. The monoisotopic (exact) mass is 154 g/mol. The normalized spacial score (nSPS) is 10.3. The largest absolute Gasteiger partial charge is 0.241 e. The van der Waals surface area contributed by atoms with Crippen molar-refractivity contribution in [2.24, 2.45) is 4.99 Å². The van der Waals surface area contributed by atoms with Crippen LogP contribution in [0.1, 0.15) is 6.92 Å². The summed E-state index contributed by atoms with van der Waals surface area (Å²) in [7, 11) is 0. The summed E-state index contributed by atoms with van der Waals surface area (Å²) in [4.78, 5) is 3.71. The molecule has 0 spiro atoms. The molecule has 0 bridgehead atoms. The first-order chi connectivity index (χ1) is 4.57. The molecule has 0 rings (SSSR count). The van der Waals surface area contributed by atoms with Gasteiger partial charge in [-0.3, -0.25) is 0 Å². The van der Waals surface area contributed by atoms with E-state index in [4.69, 9.17) is 16.9 Å². The Kier molecular flexibility index (Phi) is 3.45. The Hall–Kier alpha value is -1.07. The van der Waals surface area contributed by atoms with Gasteiger partial charge in [0.15, 0.2) is 0 Å². The number of hydrogen-bond acceptors (Lipinski definition) is 2. The zero-order valence-corrected chi connectivity index (χ0v) is 6.44. The number of nitrogens with zero attached hydrogens (tertiary/aromatic N) is 2. The van der Waals surface area contributed by atoms with E-state index in [1.807, 2.05) is 0 Å². The van der Waals surface area contributed by atoms with Crippen LogP contribution in [-0.2, 0) is 0 Å². The first-order valence-electron chi connectivity index (χ1n) is 2.57. The van der Waals surface area contributed by atoms with E-state index in [-0.39, 0.29) is 10.7 Å². The summed E-state index contributed by atoms with van der Waals surface area (Å²) in [5.74, 6) is 0. The second kappa shape index (κ2) is 3.86. The van der Waals surface area contributed by atoms with E-state index < -0.39 is 0 Å². The van der Waals surface area contributed by atoms with Crippen LogP contribution in [-0.4, -0.2) is 5.17 Å². The van der Waals surface area contributed by atoms with Crippen LogP contribution in [0.25, 0.3) is 0 Å². The molecule has 3 heteroatoms. The summed E-state index contributed by atoms with van der Waals surface area (Å²) in [6.45, 7) is 8.54. The fraction of sp³-hybridized carbons (Fsp3) is 0.143. The maximum absolute atomic E-state index is 8.27. The van der Waals surface area contributed by atoms with Crippen molar-refractivity contribution in [1.82, 2.24) is 0 Å². The Morgan fingerprint density at radius 1 is 1.60 bits per heavy atom. The van der Waals surface area contributed by atoms with Crippen molar-refractivity contribution in [1.29, 1.82) is 5.26 Å². The summed E-state index contributed by atoms with van der Waals surface area (Å²) in [6, 6.07) is 1.77. The average molecular weight is 155 g/mol. The van der Waals surface area contributed by atoms with Crippen LogP contribution in [0.3, 0.4) is 0 Å². The quantitative estimate of drug-likeness (QED) is 0.444. The first-order valence-corrected chi connectivity index (χ1v) is 2.94. The van der Waals surface area contributed by atoms with Crippen molar-refractivity contribution in [3.63, 3.8) is 0 Å². The molecule has 0 amide bonds. The Labute approximate surface area is 65.1 Å². The molecule has 0 aliphatic heterocycles. The lowest BCUT2D eigenvalue weighted by atomic mass is 10.4. The van der Waals surface area contributed by atoms with E-state index in [0.717, 1.165) is 0 Å². The molecular formula is C7H7ClN2. The minimum atomic E-state index is 0.106. The molecule has 0 heterocycles. The van der Waals surface area contributed by atoms with Crippen LogP contribution in [0.5, 0.6) is 0 Å². The minimum absolute atomic E-state index is 0.106. The third kappa shape index (κ3) is 3.06. The molecule has 0 saturated heterocycles. The third-order valence-corrected chi connectivity index (χ3v) is 0.986. The maximum atomic E-state index is 8.27. The molecule has 0 aliphatic carbocycles. The summed E-state index contributed by atoms with van der Waals surface area (Å²) in [6.07, 6.45) is 0. The molecule has 0 N–H and O–H groups in total. The van der Waals surface area contributed by atoms with Crippen molar-refractivity contribution < 1.29 is 0 Å². The van der Waals surface area contributed by atoms with Gasteiger partial charge in [-0.15, -0.1) is 0 Å². The molecular weight excluding hydrogens is 148 g/mol. The molecule has 0 atom stereocenters. The van der Waals surface area contributed by atoms with Crippen molar-refractivity contribution in [3.8, 4) is 6.07 Å². The molecule has 0 radical (unpaired) electrons. The van der Waals surface area contributed by atoms with Crippen LogP contribution >= 0.6 is 11.6 Å². The summed E-state index contributed by atoms with van der Waals surface area (Å²) in [5.41, 5.74) is 0.714. The van der Waals surface area contributed by atoms with E-state index >= 15 is 0 Å². The lowest BCUT2D eigenvalue weighted by Crippen LogP contribution is -1.88. The van der Waals surface area contributed by atoms with Gasteiger partial charge in [-0.1, -0.05) is 24.8 Å². The molecule has 0 aromatic rings. The van der Waals surface area contributed by atoms with Gasteiger partial charge in [0.05, 0.1) is 5.57 Å². The molecule has 0 aliphatic rings. The van der Waals surface area contributed by atoms with Crippen LogP contribution < -0.4 is 0 Å². The maximum Gasteiger partial charge on any atom is 0.146 e. The highest BCUT2D eigenvalue weighted by Gasteiger charge is 1.97. The Morgan fingerprint density at radius 2 is 2.10 bits per heavy atom. The summed E-state index contributed by atoms with van der Waals surface area (Å²) in [5, 5.41) is 8.38. The fourth-order valence-electron chi connectivity index (χ4n) is 0.281. The number of nitriles is 1. The molecule has 0 aromatic heterocycles. The van der Waals surface area contributed by atoms with Gasteiger partial charge in [0.25, 0.3) is 0 Å². The number of rotatable bonds is 2. The highest BCUT2D eigenvalue weighted by molar-refractivity contribution is 6.70. The van der Waals surface area contributed by atoms with Crippen molar-refractivity contribution >= 4 is 16.8 Å². The molecule has 52 valence electrons. The van der Waals surface area contributed by atoms with E-state index in [0.29, 0.717) is 5.70 Å². The Bertz CT molecular complexity index is 232. The van der Waals surface area contributed by atoms with Gasteiger partial charge < -0.3 is 0 Å². The molecule has 0 unspecified atom stereocenters. The predicted octanol–water partition coefficient (Wildman–Crippen LogP) is 2.24. The van der Waals surface area contributed by atoms with Crippen LogP contribution in [0.4, 0.5) is 0 Å². The SMILES string of the molecule is C=C(C)N=C(Cl)C(=C)C#N. The van der Waals surface area contributed by atoms with Crippen molar-refractivity contribution in [2.45, 2.75) is 6.92 Å². The van der Waals surface area contributed by atoms with Gasteiger partial charge in [-0.2, -0.15) is 5.26 Å². The zero-order valence-electron chi connectivity index (χ0n) is 5.69. The van der Waals surface area contributed by atoms with E-state index in [9.17, 15) is 0 Å².